The van der Waals surface area contributed by atoms with Crippen LogP contribution in [0.3, 0.4) is 0 Å². The topological polar surface area (TPSA) is 84.2 Å². The Labute approximate surface area is 96.1 Å². The first-order chi connectivity index (χ1) is 7.64. The number of carbonyl (C=O) groups is 2. The Morgan fingerprint density at radius 1 is 1.25 bits per heavy atom. The minimum Gasteiger partial charge on any atom is -0.356 e. The summed E-state index contributed by atoms with van der Waals surface area (Å²) in [7, 11) is 0. The molecule has 1 rings (SSSR count). The summed E-state index contributed by atoms with van der Waals surface area (Å²) >= 11 is 0. The van der Waals surface area contributed by atoms with Crippen LogP contribution in [0, 0.1) is 5.41 Å². The predicted molar refractivity (Wildman–Crippen MR) is 61.6 cm³/mol. The van der Waals surface area contributed by atoms with Crippen LogP contribution in [0.1, 0.15) is 32.6 Å². The molecule has 0 saturated heterocycles. The molecule has 5 nitrogen and oxygen atoms in total. The van der Waals surface area contributed by atoms with Crippen molar-refractivity contribution in [3.8, 4) is 0 Å². The molecule has 1 saturated carbocycles. The highest BCUT2D eigenvalue weighted by Crippen LogP contribution is 2.44. The van der Waals surface area contributed by atoms with E-state index in [9.17, 15) is 9.59 Å². The van der Waals surface area contributed by atoms with Crippen molar-refractivity contribution >= 4 is 11.8 Å². The quantitative estimate of drug-likeness (QED) is 0.561. The molecular weight excluding hydrogens is 206 g/mol. The van der Waals surface area contributed by atoms with Gasteiger partial charge in [-0.25, -0.2) is 0 Å². The predicted octanol–water partition coefficient (Wildman–Crippen LogP) is -0.242. The molecule has 0 radical (unpaired) electrons. The van der Waals surface area contributed by atoms with Gasteiger partial charge in [-0.15, -0.1) is 0 Å². The largest absolute Gasteiger partial charge is 0.356 e. The van der Waals surface area contributed by atoms with Gasteiger partial charge in [0, 0.05) is 26.1 Å². The maximum atomic E-state index is 11.6. The monoisotopic (exact) mass is 227 g/mol. The summed E-state index contributed by atoms with van der Waals surface area (Å²) < 4.78 is 0. The van der Waals surface area contributed by atoms with E-state index in [2.05, 4.69) is 10.6 Å². The highest BCUT2D eigenvalue weighted by Gasteiger charge is 2.48. The third-order valence-electron chi connectivity index (χ3n) is 2.94. The zero-order chi connectivity index (χ0) is 12.0. The summed E-state index contributed by atoms with van der Waals surface area (Å²) in [6, 6.07) is 0. The first-order valence-electron chi connectivity index (χ1n) is 5.89. The highest BCUT2D eigenvalue weighted by molar-refractivity contribution is 5.86. The van der Waals surface area contributed by atoms with Gasteiger partial charge in [-0.1, -0.05) is 6.92 Å². The van der Waals surface area contributed by atoms with E-state index in [1.807, 2.05) is 6.92 Å². The molecular formula is C11H21N3O2. The Hall–Kier alpha value is -1.10. The van der Waals surface area contributed by atoms with Gasteiger partial charge in [0.15, 0.2) is 0 Å². The molecule has 0 aromatic carbocycles. The average molecular weight is 227 g/mol. The first-order valence-corrected chi connectivity index (χ1v) is 5.89. The van der Waals surface area contributed by atoms with Crippen molar-refractivity contribution in [3.63, 3.8) is 0 Å². The third-order valence-corrected chi connectivity index (χ3v) is 2.94. The fourth-order valence-electron chi connectivity index (χ4n) is 1.50. The van der Waals surface area contributed by atoms with Crippen LogP contribution in [0.2, 0.25) is 0 Å². The molecule has 1 aliphatic carbocycles. The number of hydrogen-bond acceptors (Lipinski definition) is 3. The van der Waals surface area contributed by atoms with Crippen molar-refractivity contribution in [2.45, 2.75) is 32.6 Å². The van der Waals surface area contributed by atoms with E-state index in [-0.39, 0.29) is 17.2 Å². The molecule has 1 aliphatic rings. The minimum atomic E-state index is -0.320. The summed E-state index contributed by atoms with van der Waals surface area (Å²) in [4.78, 5) is 22.9. The first kappa shape index (κ1) is 13.0. The molecule has 4 N–H and O–H groups in total. The normalized spacial score (nSPS) is 16.6. The van der Waals surface area contributed by atoms with E-state index >= 15 is 0 Å². The Morgan fingerprint density at radius 3 is 2.44 bits per heavy atom. The second-order valence-corrected chi connectivity index (χ2v) is 4.34. The molecule has 0 aromatic rings. The smallest absolute Gasteiger partial charge is 0.227 e. The molecule has 0 unspecified atom stereocenters. The molecule has 0 atom stereocenters. The second-order valence-electron chi connectivity index (χ2n) is 4.34. The lowest BCUT2D eigenvalue weighted by molar-refractivity contribution is -0.126. The number of nitrogens with one attached hydrogen (secondary N) is 2. The number of amides is 2. The Kier molecular flexibility index (Phi) is 4.73. The zero-order valence-corrected chi connectivity index (χ0v) is 9.84. The van der Waals surface area contributed by atoms with Crippen LogP contribution in [0.4, 0.5) is 0 Å². The van der Waals surface area contributed by atoms with Crippen LogP contribution in [-0.4, -0.2) is 31.4 Å². The average Bonchev–Trinajstić information content (AvgIpc) is 3.07. The van der Waals surface area contributed by atoms with E-state index in [1.54, 1.807) is 0 Å². The van der Waals surface area contributed by atoms with Crippen molar-refractivity contribution < 1.29 is 9.59 Å². The van der Waals surface area contributed by atoms with Gasteiger partial charge in [-0.05, 0) is 19.3 Å². The molecule has 0 bridgehead atoms. The summed E-state index contributed by atoms with van der Waals surface area (Å²) in [5.41, 5.74) is 5.21. The number of carbonyl (C=O) groups excluding carboxylic acids is 2. The van der Waals surface area contributed by atoms with Crippen molar-refractivity contribution in [2.24, 2.45) is 11.1 Å². The van der Waals surface area contributed by atoms with E-state index in [4.69, 9.17) is 5.73 Å². The van der Waals surface area contributed by atoms with Crippen LogP contribution < -0.4 is 16.4 Å². The maximum Gasteiger partial charge on any atom is 0.227 e. The summed E-state index contributed by atoms with van der Waals surface area (Å²) in [6.07, 6.45) is 3.01. The van der Waals surface area contributed by atoms with E-state index in [0.29, 0.717) is 26.1 Å². The number of hydrogen-bond donors (Lipinski definition) is 3. The van der Waals surface area contributed by atoms with Gasteiger partial charge < -0.3 is 16.4 Å². The number of nitrogens with two attached hydrogens (primary N) is 1. The van der Waals surface area contributed by atoms with Gasteiger partial charge in [-0.3, -0.25) is 9.59 Å². The Balaban J connectivity index is 2.11. The van der Waals surface area contributed by atoms with Crippen LogP contribution in [0.25, 0.3) is 0 Å². The lowest BCUT2D eigenvalue weighted by atomic mass is 10.1. The van der Waals surface area contributed by atoms with Gasteiger partial charge >= 0.3 is 0 Å². The van der Waals surface area contributed by atoms with E-state index in [1.165, 1.54) is 0 Å². The van der Waals surface area contributed by atoms with Gasteiger partial charge in [-0.2, -0.15) is 0 Å². The summed E-state index contributed by atoms with van der Waals surface area (Å²) in [5, 5.41) is 5.52. The molecule has 1 fully saturated rings. The van der Waals surface area contributed by atoms with Crippen LogP contribution in [0.15, 0.2) is 0 Å². The second kappa shape index (κ2) is 5.84. The summed E-state index contributed by atoms with van der Waals surface area (Å²) in [6.45, 7) is 3.50. The standard InChI is InChI=1S/C11H21N3O2/c1-2-6-13-9(15)3-7-14-10(16)11(8-12)4-5-11/h2-8,12H2,1H3,(H,13,15)(H,14,16). The molecule has 16 heavy (non-hydrogen) atoms. The lowest BCUT2D eigenvalue weighted by Gasteiger charge is -2.12. The van der Waals surface area contributed by atoms with Crippen molar-refractivity contribution in [1.82, 2.24) is 10.6 Å². The van der Waals surface area contributed by atoms with Crippen molar-refractivity contribution in [1.29, 1.82) is 0 Å². The molecule has 2 amide bonds. The Morgan fingerprint density at radius 2 is 1.94 bits per heavy atom. The SMILES string of the molecule is CCCNC(=O)CCNC(=O)C1(CN)CC1. The van der Waals surface area contributed by atoms with E-state index < -0.39 is 0 Å². The molecule has 0 aliphatic heterocycles. The molecule has 5 heteroatoms. The molecule has 0 aromatic heterocycles. The zero-order valence-electron chi connectivity index (χ0n) is 9.84. The van der Waals surface area contributed by atoms with Crippen molar-refractivity contribution in [2.75, 3.05) is 19.6 Å². The fraction of sp³-hybridized carbons (Fsp3) is 0.818. The van der Waals surface area contributed by atoms with Crippen LogP contribution >= 0.6 is 0 Å². The lowest BCUT2D eigenvalue weighted by Crippen LogP contribution is -2.38. The summed E-state index contributed by atoms with van der Waals surface area (Å²) in [5.74, 6) is -0.0157. The third kappa shape index (κ3) is 3.48. The van der Waals surface area contributed by atoms with Crippen LogP contribution in [-0.2, 0) is 9.59 Å². The molecule has 0 heterocycles. The van der Waals surface area contributed by atoms with Gasteiger partial charge in [0.2, 0.25) is 11.8 Å². The molecule has 92 valence electrons. The number of rotatable bonds is 7. The Bertz CT molecular complexity index is 262. The maximum absolute atomic E-state index is 11.6. The molecule has 0 spiro atoms. The fourth-order valence-corrected chi connectivity index (χ4v) is 1.50. The highest BCUT2D eigenvalue weighted by atomic mass is 16.2. The van der Waals surface area contributed by atoms with Gasteiger partial charge in [0.1, 0.15) is 0 Å². The van der Waals surface area contributed by atoms with Gasteiger partial charge in [0.05, 0.1) is 5.41 Å². The van der Waals surface area contributed by atoms with Crippen molar-refractivity contribution in [3.05, 3.63) is 0 Å². The van der Waals surface area contributed by atoms with E-state index in [0.717, 1.165) is 19.3 Å². The minimum absolute atomic E-state index is 0.00158. The van der Waals surface area contributed by atoms with Gasteiger partial charge in [0.25, 0.3) is 0 Å². The van der Waals surface area contributed by atoms with Crippen LogP contribution in [0.5, 0.6) is 0 Å².